The summed E-state index contributed by atoms with van der Waals surface area (Å²) in [6.07, 6.45) is -0.338. The van der Waals surface area contributed by atoms with Crippen LogP contribution in [0.15, 0.2) is 43.0 Å². The van der Waals surface area contributed by atoms with E-state index in [1.54, 1.807) is 37.4 Å². The van der Waals surface area contributed by atoms with Gasteiger partial charge in [-0.25, -0.2) is 9.50 Å². The lowest BCUT2D eigenvalue weighted by molar-refractivity contribution is -0.138. The van der Waals surface area contributed by atoms with Gasteiger partial charge in [0.15, 0.2) is 0 Å². The van der Waals surface area contributed by atoms with E-state index in [-0.39, 0.29) is 16.6 Å². The Hall–Kier alpha value is -2.65. The highest BCUT2D eigenvalue weighted by Crippen LogP contribution is 2.35. The van der Waals surface area contributed by atoms with Crippen molar-refractivity contribution in [1.82, 2.24) is 19.5 Å². The lowest BCUT2D eigenvalue weighted by Gasteiger charge is -2.11. The maximum absolute atomic E-state index is 13.0. The molecule has 0 saturated heterocycles. The van der Waals surface area contributed by atoms with Crippen molar-refractivity contribution >= 4 is 39.9 Å². The van der Waals surface area contributed by atoms with Crippen molar-refractivity contribution in [2.75, 3.05) is 13.6 Å². The Morgan fingerprint density at radius 2 is 2.04 bits per heavy atom. The number of likely N-dealkylation sites (N-methyl/N-ethyl adjacent to an activating group) is 1. The van der Waals surface area contributed by atoms with Gasteiger partial charge in [0, 0.05) is 30.3 Å². The second kappa shape index (κ2) is 7.76. The Morgan fingerprint density at radius 1 is 1.36 bits per heavy atom. The number of alkyl halides is 3. The molecular weight excluding hydrogens is 413 g/mol. The molecule has 0 saturated carbocycles. The maximum Gasteiger partial charge on any atom is 0.445 e. The number of amides is 1. The zero-order valence-electron chi connectivity index (χ0n) is 14.6. The van der Waals surface area contributed by atoms with E-state index < -0.39 is 11.2 Å². The summed E-state index contributed by atoms with van der Waals surface area (Å²) in [5, 5.41) is 3.14. The number of fused-ring (bicyclic) bond motifs is 1. The molecule has 0 aliphatic rings. The van der Waals surface area contributed by atoms with Crippen LogP contribution in [0.25, 0.3) is 22.3 Å². The van der Waals surface area contributed by atoms with Gasteiger partial charge in [-0.1, -0.05) is 41.1 Å². The van der Waals surface area contributed by atoms with Crippen LogP contribution in [0.3, 0.4) is 0 Å². The van der Waals surface area contributed by atoms with Crippen molar-refractivity contribution < 1.29 is 18.0 Å². The molecule has 0 atom stereocenters. The number of carbonyl (C=O) groups excluding carboxylic acids is 1. The highest BCUT2D eigenvalue weighted by molar-refractivity contribution is 7.16. The first-order valence-corrected chi connectivity index (χ1v) is 9.17. The molecule has 1 aromatic carbocycles. The fourth-order valence-corrected chi connectivity index (χ4v) is 3.31. The Kier molecular flexibility index (Phi) is 5.57. The van der Waals surface area contributed by atoms with Crippen molar-refractivity contribution in [2.24, 2.45) is 0 Å². The Morgan fingerprint density at radius 3 is 2.64 bits per heavy atom. The van der Waals surface area contributed by atoms with Gasteiger partial charge in [-0.05, 0) is 18.2 Å². The van der Waals surface area contributed by atoms with Crippen LogP contribution in [0.1, 0.15) is 10.7 Å². The molecule has 2 aromatic heterocycles. The molecular formula is C18H14ClF3N4OS. The van der Waals surface area contributed by atoms with Crippen molar-refractivity contribution in [3.63, 3.8) is 0 Å². The normalized spacial score (nSPS) is 12.0. The van der Waals surface area contributed by atoms with E-state index in [4.69, 9.17) is 11.6 Å². The fourth-order valence-electron chi connectivity index (χ4n) is 2.41. The molecule has 0 radical (unpaired) electrons. The quantitative estimate of drug-likeness (QED) is 0.435. The Bertz CT molecular complexity index is 1050. The molecule has 10 heteroatoms. The van der Waals surface area contributed by atoms with E-state index in [1.165, 1.54) is 17.1 Å². The van der Waals surface area contributed by atoms with Crippen LogP contribution in [0.2, 0.25) is 5.02 Å². The van der Waals surface area contributed by atoms with Crippen LogP contribution >= 0.6 is 22.9 Å². The first-order chi connectivity index (χ1) is 13.2. The fraction of sp³-hybridized carbons (Fsp3) is 0.167. The highest BCUT2D eigenvalue weighted by atomic mass is 35.5. The van der Waals surface area contributed by atoms with Gasteiger partial charge >= 0.3 is 6.18 Å². The van der Waals surface area contributed by atoms with Crippen LogP contribution in [-0.4, -0.2) is 39.0 Å². The predicted molar refractivity (Wildman–Crippen MR) is 103 cm³/mol. The standard InChI is InChI=1S/C18H14ClF3N4OS/c1-3-10-25(2)14(27)9-8-13-15(11-4-6-12(19)7-5-11)23-17-26(13)24-16(28-17)18(20,21)22/h3-9H,1,10H2,2H3. The first-order valence-electron chi connectivity index (χ1n) is 7.97. The summed E-state index contributed by atoms with van der Waals surface area (Å²) in [6.45, 7) is 3.90. The minimum atomic E-state index is -4.58. The summed E-state index contributed by atoms with van der Waals surface area (Å²) in [4.78, 5) is 17.9. The molecule has 5 nitrogen and oxygen atoms in total. The van der Waals surface area contributed by atoms with Crippen LogP contribution < -0.4 is 0 Å². The van der Waals surface area contributed by atoms with Gasteiger partial charge in [0.2, 0.25) is 15.9 Å². The number of rotatable bonds is 5. The van der Waals surface area contributed by atoms with Crippen LogP contribution in [0, 0.1) is 0 Å². The van der Waals surface area contributed by atoms with Crippen molar-refractivity contribution in [3.05, 3.63) is 58.7 Å². The zero-order chi connectivity index (χ0) is 20.5. The lowest BCUT2D eigenvalue weighted by Crippen LogP contribution is -2.24. The zero-order valence-corrected chi connectivity index (χ0v) is 16.1. The van der Waals surface area contributed by atoms with Crippen LogP contribution in [0.5, 0.6) is 0 Å². The number of nitrogens with zero attached hydrogens (tertiary/aromatic N) is 4. The largest absolute Gasteiger partial charge is 0.445 e. The molecule has 0 fully saturated rings. The second-order valence-corrected chi connectivity index (χ2v) is 7.19. The molecule has 0 spiro atoms. The van der Waals surface area contributed by atoms with Gasteiger partial charge in [0.1, 0.15) is 0 Å². The van der Waals surface area contributed by atoms with E-state index in [9.17, 15) is 18.0 Å². The van der Waals surface area contributed by atoms with Gasteiger partial charge in [-0.2, -0.15) is 13.2 Å². The summed E-state index contributed by atoms with van der Waals surface area (Å²) < 4.78 is 40.1. The Balaban J connectivity index is 2.10. The number of carbonyl (C=O) groups is 1. The Labute approximate surface area is 167 Å². The van der Waals surface area contributed by atoms with Gasteiger partial charge in [-0.15, -0.1) is 11.7 Å². The van der Waals surface area contributed by atoms with Crippen molar-refractivity contribution in [3.8, 4) is 11.3 Å². The minimum Gasteiger partial charge on any atom is -0.339 e. The maximum atomic E-state index is 13.0. The monoisotopic (exact) mass is 426 g/mol. The summed E-state index contributed by atoms with van der Waals surface area (Å²) in [5.74, 6) is -0.330. The molecule has 0 bridgehead atoms. The number of imidazole rings is 1. The summed E-state index contributed by atoms with van der Waals surface area (Å²) >= 11 is 6.33. The van der Waals surface area contributed by atoms with E-state index in [0.29, 0.717) is 34.2 Å². The molecule has 0 unspecified atom stereocenters. The average molecular weight is 427 g/mol. The van der Waals surface area contributed by atoms with E-state index in [2.05, 4.69) is 16.7 Å². The second-order valence-electron chi connectivity index (χ2n) is 5.79. The van der Waals surface area contributed by atoms with Gasteiger partial charge in [-0.3, -0.25) is 4.79 Å². The highest BCUT2D eigenvalue weighted by Gasteiger charge is 2.36. The van der Waals surface area contributed by atoms with E-state index in [0.717, 1.165) is 4.52 Å². The van der Waals surface area contributed by atoms with E-state index >= 15 is 0 Å². The third-order valence-corrected chi connectivity index (χ3v) is 4.97. The van der Waals surface area contributed by atoms with Gasteiger partial charge in [0.25, 0.3) is 0 Å². The summed E-state index contributed by atoms with van der Waals surface area (Å²) in [6, 6.07) is 6.69. The molecule has 0 aliphatic carbocycles. The smallest absolute Gasteiger partial charge is 0.339 e. The molecule has 146 valence electrons. The third-order valence-electron chi connectivity index (χ3n) is 3.76. The number of hydrogen-bond acceptors (Lipinski definition) is 4. The minimum absolute atomic E-state index is 0.0730. The molecule has 0 aliphatic heterocycles. The van der Waals surface area contributed by atoms with Crippen molar-refractivity contribution in [1.29, 1.82) is 0 Å². The van der Waals surface area contributed by atoms with Crippen LogP contribution in [0.4, 0.5) is 13.2 Å². The third kappa shape index (κ3) is 4.10. The van der Waals surface area contributed by atoms with Gasteiger partial charge in [0.05, 0.1) is 11.4 Å². The molecule has 3 rings (SSSR count). The lowest BCUT2D eigenvalue weighted by atomic mass is 10.1. The number of halogens is 4. The topological polar surface area (TPSA) is 50.5 Å². The molecule has 3 aromatic rings. The number of aromatic nitrogens is 3. The van der Waals surface area contributed by atoms with Crippen molar-refractivity contribution in [2.45, 2.75) is 6.18 Å². The number of hydrogen-bond donors (Lipinski definition) is 0. The predicted octanol–water partition coefficient (Wildman–Crippen LogP) is 4.79. The molecule has 2 heterocycles. The SMILES string of the molecule is C=CCN(C)C(=O)C=Cc1c(-c2ccc(Cl)cc2)nc2sc(C(F)(F)F)nn12. The average Bonchev–Trinajstić information content (AvgIpc) is 3.19. The number of benzene rings is 1. The molecule has 0 N–H and O–H groups in total. The first kappa shape index (κ1) is 20.1. The van der Waals surface area contributed by atoms with E-state index in [1.807, 2.05) is 0 Å². The van der Waals surface area contributed by atoms with Gasteiger partial charge < -0.3 is 4.90 Å². The molecule has 28 heavy (non-hydrogen) atoms. The summed E-state index contributed by atoms with van der Waals surface area (Å²) in [7, 11) is 1.59. The summed E-state index contributed by atoms with van der Waals surface area (Å²) in [5.41, 5.74) is 1.31. The van der Waals surface area contributed by atoms with Crippen LogP contribution in [-0.2, 0) is 11.0 Å². The molecule has 1 amide bonds.